The summed E-state index contributed by atoms with van der Waals surface area (Å²) in [6, 6.07) is 14.3. The number of fused-ring (bicyclic) bond motifs is 2. The molecule has 2 aliphatic heterocycles. The van der Waals surface area contributed by atoms with Crippen molar-refractivity contribution in [1.82, 2.24) is 30.0 Å². The number of anilines is 2. The van der Waals surface area contributed by atoms with E-state index in [-0.39, 0.29) is 22.3 Å². The lowest BCUT2D eigenvalue weighted by molar-refractivity contribution is 0.100. The Labute approximate surface area is 235 Å². The molecule has 6 rings (SSSR count). The van der Waals surface area contributed by atoms with E-state index in [2.05, 4.69) is 37.4 Å². The summed E-state index contributed by atoms with van der Waals surface area (Å²) in [5.74, 6) is -0.506. The van der Waals surface area contributed by atoms with Crippen LogP contribution in [0.4, 0.5) is 11.4 Å². The third-order valence-corrected chi connectivity index (χ3v) is 7.60. The first-order chi connectivity index (χ1) is 19.4. The molecular formula is C28H26ClN9O2. The predicted octanol–water partition coefficient (Wildman–Crippen LogP) is 3.06. The van der Waals surface area contributed by atoms with Gasteiger partial charge >= 0.3 is 0 Å². The molecule has 0 fully saturated rings. The molecule has 2 amide bonds. The molecule has 4 N–H and O–H groups in total. The molecule has 0 aliphatic carbocycles. The zero-order valence-corrected chi connectivity index (χ0v) is 22.5. The summed E-state index contributed by atoms with van der Waals surface area (Å²) in [6.07, 6.45) is 0.788. The van der Waals surface area contributed by atoms with Gasteiger partial charge in [-0.15, -0.1) is 0 Å². The largest absolute Gasteiger partial charge is 0.327 e. The molecule has 0 saturated carbocycles. The summed E-state index contributed by atoms with van der Waals surface area (Å²) in [5.41, 5.74) is 5.15. The summed E-state index contributed by atoms with van der Waals surface area (Å²) in [7, 11) is 1.82. The van der Waals surface area contributed by atoms with Crippen molar-refractivity contribution in [1.29, 1.82) is 5.26 Å². The van der Waals surface area contributed by atoms with E-state index in [1.807, 2.05) is 11.7 Å². The van der Waals surface area contributed by atoms with Crippen LogP contribution in [0.15, 0.2) is 42.5 Å². The van der Waals surface area contributed by atoms with E-state index in [0.717, 1.165) is 36.6 Å². The Kier molecular flexibility index (Phi) is 6.81. The van der Waals surface area contributed by atoms with Gasteiger partial charge in [-0.3, -0.25) is 14.3 Å². The minimum atomic E-state index is -0.407. The van der Waals surface area contributed by atoms with Crippen LogP contribution in [-0.4, -0.2) is 44.2 Å². The predicted molar refractivity (Wildman–Crippen MR) is 150 cm³/mol. The lowest BCUT2D eigenvalue weighted by atomic mass is 9.98. The smallest absolute Gasteiger partial charge is 0.291 e. The molecule has 40 heavy (non-hydrogen) atoms. The first kappa shape index (κ1) is 25.8. The number of nitrogens with zero attached hydrogens (tertiary/aromatic N) is 5. The van der Waals surface area contributed by atoms with Gasteiger partial charge in [-0.05, 0) is 18.2 Å². The van der Waals surface area contributed by atoms with Crippen molar-refractivity contribution in [2.75, 3.05) is 23.7 Å². The maximum atomic E-state index is 13.2. The number of hydrogen-bond donors (Lipinski definition) is 4. The lowest BCUT2D eigenvalue weighted by Crippen LogP contribution is -2.28. The first-order valence-electron chi connectivity index (χ1n) is 12.9. The summed E-state index contributed by atoms with van der Waals surface area (Å²) < 4.78 is 3.62. The topological polar surface area (TPSA) is 142 Å². The second-order valence-electron chi connectivity index (χ2n) is 9.65. The van der Waals surface area contributed by atoms with E-state index >= 15 is 0 Å². The average Bonchev–Trinajstić information content (AvgIpc) is 3.56. The van der Waals surface area contributed by atoms with Gasteiger partial charge in [-0.1, -0.05) is 35.9 Å². The van der Waals surface area contributed by atoms with Gasteiger partial charge in [0.05, 0.1) is 39.9 Å². The number of hydrogen-bond acceptors (Lipinski definition) is 7. The van der Waals surface area contributed by atoms with Crippen LogP contribution in [0.25, 0.3) is 11.1 Å². The van der Waals surface area contributed by atoms with Crippen molar-refractivity contribution in [2.45, 2.75) is 26.1 Å². The van der Waals surface area contributed by atoms with E-state index in [9.17, 15) is 14.9 Å². The van der Waals surface area contributed by atoms with Gasteiger partial charge in [0, 0.05) is 56.5 Å². The van der Waals surface area contributed by atoms with E-state index in [1.54, 1.807) is 47.0 Å². The highest BCUT2D eigenvalue weighted by Crippen LogP contribution is 2.37. The fourth-order valence-electron chi connectivity index (χ4n) is 5.17. The molecular weight excluding hydrogens is 530 g/mol. The van der Waals surface area contributed by atoms with Crippen LogP contribution in [0.1, 0.15) is 43.8 Å². The number of carbonyl (C=O) groups excluding carboxylic acids is 2. The summed E-state index contributed by atoms with van der Waals surface area (Å²) in [5, 5.41) is 27.0. The molecule has 2 aliphatic rings. The van der Waals surface area contributed by atoms with Crippen LogP contribution < -0.4 is 21.3 Å². The fraction of sp³-hybridized carbons (Fsp3) is 0.250. The zero-order chi connectivity index (χ0) is 27.8. The Morgan fingerprint density at radius 2 is 1.77 bits per heavy atom. The van der Waals surface area contributed by atoms with Gasteiger partial charge in [0.1, 0.15) is 6.07 Å². The number of rotatable bonds is 5. The van der Waals surface area contributed by atoms with Gasteiger partial charge in [0.15, 0.2) is 11.5 Å². The van der Waals surface area contributed by atoms with Gasteiger partial charge in [0.2, 0.25) is 0 Å². The van der Waals surface area contributed by atoms with Crippen molar-refractivity contribution in [3.8, 4) is 17.2 Å². The molecule has 0 unspecified atom stereocenters. The second-order valence-corrected chi connectivity index (χ2v) is 10.0. The zero-order valence-electron chi connectivity index (χ0n) is 21.7. The standard InChI is InChI=1S/C28H26ClN9O2/c1-37-24-8-9-31-15-23(24)33-26(37)28(40)34-20-6-2-4-17(19(20)13-30)18-5-3-7-21(25(18)29)35-27(39)22-12-16-14-32-10-11-38(16)36-22/h2-7,12,31-32H,8-11,14-15H2,1H3,(H,34,40)(H,35,39). The second kappa shape index (κ2) is 10.6. The molecule has 4 heterocycles. The van der Waals surface area contributed by atoms with Gasteiger partial charge in [-0.2, -0.15) is 10.4 Å². The van der Waals surface area contributed by atoms with Crippen LogP contribution in [0, 0.1) is 11.3 Å². The summed E-state index contributed by atoms with van der Waals surface area (Å²) in [6.45, 7) is 3.59. The highest BCUT2D eigenvalue weighted by Gasteiger charge is 2.24. The number of amides is 2. The molecule has 0 radical (unpaired) electrons. The van der Waals surface area contributed by atoms with Crippen LogP contribution >= 0.6 is 11.6 Å². The quantitative estimate of drug-likeness (QED) is 0.296. The van der Waals surface area contributed by atoms with Crippen molar-refractivity contribution >= 4 is 34.8 Å². The molecule has 12 heteroatoms. The van der Waals surface area contributed by atoms with Gasteiger partial charge in [-0.25, -0.2) is 4.98 Å². The fourth-order valence-corrected chi connectivity index (χ4v) is 5.44. The third-order valence-electron chi connectivity index (χ3n) is 7.19. The van der Waals surface area contributed by atoms with Gasteiger partial charge in [0.25, 0.3) is 11.8 Å². The van der Waals surface area contributed by atoms with E-state index in [0.29, 0.717) is 47.8 Å². The Hall–Kier alpha value is -4.50. The van der Waals surface area contributed by atoms with Crippen molar-refractivity contribution in [3.05, 3.63) is 81.7 Å². The van der Waals surface area contributed by atoms with Crippen LogP contribution in [-0.2, 0) is 33.1 Å². The summed E-state index contributed by atoms with van der Waals surface area (Å²) in [4.78, 5) is 30.7. The lowest BCUT2D eigenvalue weighted by Gasteiger charge is -2.15. The molecule has 2 aromatic heterocycles. The highest BCUT2D eigenvalue weighted by molar-refractivity contribution is 6.36. The number of imidazole rings is 1. The van der Waals surface area contributed by atoms with E-state index in [1.165, 1.54) is 0 Å². The maximum Gasteiger partial charge on any atom is 0.291 e. The first-order valence-corrected chi connectivity index (χ1v) is 13.3. The molecule has 4 aromatic rings. The monoisotopic (exact) mass is 555 g/mol. The van der Waals surface area contributed by atoms with Crippen molar-refractivity contribution in [3.63, 3.8) is 0 Å². The molecule has 11 nitrogen and oxygen atoms in total. The molecule has 202 valence electrons. The van der Waals surface area contributed by atoms with Crippen LogP contribution in [0.2, 0.25) is 5.02 Å². The van der Waals surface area contributed by atoms with Crippen molar-refractivity contribution < 1.29 is 9.59 Å². The Morgan fingerprint density at radius 3 is 2.55 bits per heavy atom. The number of nitrogens with one attached hydrogen (secondary N) is 4. The minimum absolute atomic E-state index is 0.246. The summed E-state index contributed by atoms with van der Waals surface area (Å²) >= 11 is 6.77. The van der Waals surface area contributed by atoms with Crippen LogP contribution in [0.3, 0.4) is 0 Å². The van der Waals surface area contributed by atoms with E-state index in [4.69, 9.17) is 11.6 Å². The van der Waals surface area contributed by atoms with Crippen LogP contribution in [0.5, 0.6) is 0 Å². The molecule has 0 bridgehead atoms. The Bertz CT molecular complexity index is 1670. The Morgan fingerprint density at radius 1 is 1.02 bits per heavy atom. The average molecular weight is 556 g/mol. The molecule has 0 saturated heterocycles. The maximum absolute atomic E-state index is 13.2. The SMILES string of the molecule is Cn1c(C(=O)Nc2cccc(-c3cccc(NC(=O)c4cc5n(n4)CCNC5)c3Cl)c2C#N)nc2c1CCNC2. The number of carbonyl (C=O) groups is 2. The normalized spacial score (nSPS) is 14.1. The highest BCUT2D eigenvalue weighted by atomic mass is 35.5. The number of benzene rings is 2. The number of nitriles is 1. The van der Waals surface area contributed by atoms with Crippen molar-refractivity contribution in [2.24, 2.45) is 7.05 Å². The van der Waals surface area contributed by atoms with Gasteiger partial charge < -0.3 is 25.8 Å². The van der Waals surface area contributed by atoms with E-state index < -0.39 is 5.91 Å². The Balaban J connectivity index is 1.28. The number of aromatic nitrogens is 4. The molecule has 2 aromatic carbocycles. The third kappa shape index (κ3) is 4.62. The molecule has 0 atom stereocenters. The molecule has 0 spiro atoms. The minimum Gasteiger partial charge on any atom is -0.327 e. The number of halogens is 1.